The van der Waals surface area contributed by atoms with Crippen LogP contribution in [0.1, 0.15) is 39.0 Å². The predicted molar refractivity (Wildman–Crippen MR) is 113 cm³/mol. The van der Waals surface area contributed by atoms with Crippen molar-refractivity contribution >= 4 is 30.2 Å². The summed E-state index contributed by atoms with van der Waals surface area (Å²) in [5.41, 5.74) is 1.48. The van der Waals surface area contributed by atoms with Crippen LogP contribution < -0.4 is 0 Å². The van der Waals surface area contributed by atoms with E-state index < -0.39 is 0 Å². The monoisotopic (exact) mass is 472 g/mol. The van der Waals surface area contributed by atoms with Crippen LogP contribution in [0.5, 0.6) is 0 Å². The second-order valence-electron chi connectivity index (χ2n) is 7.20. The minimum Gasteiger partial charge on any atom is -0.147 e. The minimum atomic E-state index is 0. The van der Waals surface area contributed by atoms with Crippen LogP contribution in [0.25, 0.3) is 0 Å². The van der Waals surface area contributed by atoms with Crippen molar-refractivity contribution in [1.82, 2.24) is 0 Å². The molecule has 0 aliphatic heterocycles. The molecule has 0 amide bonds. The van der Waals surface area contributed by atoms with Crippen molar-refractivity contribution in [2.24, 2.45) is 23.7 Å². The Labute approximate surface area is 182 Å². The van der Waals surface area contributed by atoms with Crippen LogP contribution in [0, 0.1) is 36.2 Å². The maximum absolute atomic E-state index is 3.12. The topological polar surface area (TPSA) is 0 Å². The Bertz CT molecular complexity index is 515. The van der Waals surface area contributed by atoms with Crippen LogP contribution in [0.4, 0.5) is 0 Å². The Morgan fingerprint density at radius 2 is 1.76 bits per heavy atom. The van der Waals surface area contributed by atoms with Gasteiger partial charge in [-0.3, -0.25) is 6.08 Å². The molecule has 0 nitrogen and oxygen atoms in total. The van der Waals surface area contributed by atoms with Crippen molar-refractivity contribution in [3.8, 4) is 0 Å². The number of hydrogen-bond acceptors (Lipinski definition) is 0. The maximum Gasteiger partial charge on any atom is -0.147 e. The van der Waals surface area contributed by atoms with E-state index in [9.17, 15) is 0 Å². The smallest absolute Gasteiger partial charge is 0.147 e. The zero-order valence-corrected chi connectivity index (χ0v) is 20.8. The fraction of sp³-hybridized carbons (Fsp3) is 0.571. The van der Waals surface area contributed by atoms with Crippen LogP contribution in [0.15, 0.2) is 42.0 Å². The van der Waals surface area contributed by atoms with Gasteiger partial charge in [0.1, 0.15) is 0 Å². The standard InChI is InChI=1S/C13H17.C6H7.C2H6Si.2ClH.Zr/c1-3-7-12-10(5-1)9-11-6-2-4-8-13(11)12;1-6-4-2-3-5-6;1-3-2;;;/h1,3,5,7,9-13H,2,4,6,8H2;2,4H,3H2,1H3;1-2H3;2*1H;/q2*-1;;;;+2. The van der Waals surface area contributed by atoms with Crippen molar-refractivity contribution in [3.63, 3.8) is 0 Å². The molecular weight excluding hydrogens is 442 g/mol. The zero-order valence-electron chi connectivity index (χ0n) is 15.7. The summed E-state index contributed by atoms with van der Waals surface area (Å²) in [6.45, 7) is 6.68. The summed E-state index contributed by atoms with van der Waals surface area (Å²) >= 11 is 1.74. The number of hydrogen-bond donors (Lipinski definition) is 0. The fourth-order valence-electron chi connectivity index (χ4n) is 3.97. The Morgan fingerprint density at radius 1 is 1.12 bits per heavy atom. The molecule has 0 saturated heterocycles. The van der Waals surface area contributed by atoms with Gasteiger partial charge in [0.15, 0.2) is 0 Å². The molecule has 0 bridgehead atoms. The largest absolute Gasteiger partial charge is 0.147 e. The molecule has 138 valence electrons. The van der Waals surface area contributed by atoms with Gasteiger partial charge in [-0.1, -0.05) is 56.8 Å². The van der Waals surface area contributed by atoms with Crippen LogP contribution in [0.2, 0.25) is 13.1 Å². The SMILES string of the molecule is C1=CC2[CH-]C3CCCCC3C2C=C1.CC1=[C-]CC=C1.C[Si](C)=[Zr+2].Cl.Cl. The van der Waals surface area contributed by atoms with E-state index in [0.717, 1.165) is 30.1 Å². The molecule has 25 heavy (non-hydrogen) atoms. The summed E-state index contributed by atoms with van der Waals surface area (Å²) in [6.07, 6.45) is 26.1. The molecule has 4 unspecified atom stereocenters. The van der Waals surface area contributed by atoms with Crippen LogP contribution in [-0.4, -0.2) is 5.43 Å². The summed E-state index contributed by atoms with van der Waals surface area (Å²) in [5, 5.41) is 0. The van der Waals surface area contributed by atoms with E-state index in [4.69, 9.17) is 0 Å². The predicted octanol–water partition coefficient (Wildman–Crippen LogP) is 6.69. The van der Waals surface area contributed by atoms with E-state index in [0.29, 0.717) is 0 Å². The Kier molecular flexibility index (Phi) is 14.1. The third-order valence-electron chi connectivity index (χ3n) is 4.93. The Balaban J connectivity index is 0.000000410. The van der Waals surface area contributed by atoms with Gasteiger partial charge < -0.3 is 6.42 Å². The van der Waals surface area contributed by atoms with Gasteiger partial charge in [-0.05, 0) is 5.92 Å². The molecule has 0 N–H and O–H groups in total. The number of rotatable bonds is 0. The molecule has 4 aliphatic carbocycles. The average molecular weight is 475 g/mol. The van der Waals surface area contributed by atoms with Gasteiger partial charge in [-0.25, -0.2) is 11.6 Å². The third kappa shape index (κ3) is 8.91. The van der Waals surface area contributed by atoms with Gasteiger partial charge in [0.25, 0.3) is 0 Å². The molecule has 0 aromatic rings. The van der Waals surface area contributed by atoms with Gasteiger partial charge >= 0.3 is 41.9 Å². The van der Waals surface area contributed by atoms with Gasteiger partial charge in [0.05, 0.1) is 0 Å². The molecule has 2 fully saturated rings. The van der Waals surface area contributed by atoms with Gasteiger partial charge in [-0.2, -0.15) is 12.0 Å². The number of halogens is 2. The van der Waals surface area contributed by atoms with E-state index in [1.165, 1.54) is 31.3 Å². The number of allylic oxidation sites excluding steroid dienone is 8. The summed E-state index contributed by atoms with van der Waals surface area (Å²) in [7, 11) is 0. The summed E-state index contributed by atoms with van der Waals surface area (Å²) in [4.78, 5) is 0. The first-order valence-electron chi connectivity index (χ1n) is 9.03. The van der Waals surface area contributed by atoms with Crippen LogP contribution in [0.3, 0.4) is 0 Å². The molecule has 0 aromatic heterocycles. The molecule has 4 atom stereocenters. The molecule has 4 heteroatoms. The normalized spacial score (nSPS) is 30.2. The molecule has 0 spiro atoms. The molecule has 2 saturated carbocycles. The summed E-state index contributed by atoms with van der Waals surface area (Å²) < 4.78 is 0. The first kappa shape index (κ1) is 25.6. The van der Waals surface area contributed by atoms with Crippen molar-refractivity contribution in [2.75, 3.05) is 0 Å². The van der Waals surface area contributed by atoms with E-state index in [2.05, 4.69) is 69.0 Å². The number of fused-ring (bicyclic) bond motifs is 3. The summed E-state index contributed by atoms with van der Waals surface area (Å²) in [6, 6.07) is 0. The summed E-state index contributed by atoms with van der Waals surface area (Å²) in [5.74, 6) is 3.56. The molecule has 0 radical (unpaired) electrons. The zero-order chi connectivity index (χ0) is 16.7. The molecular formula is C21H32Cl2SiZr. The maximum atomic E-state index is 3.12. The quantitative estimate of drug-likeness (QED) is 0.271. The van der Waals surface area contributed by atoms with Crippen LogP contribution in [-0.2, 0) is 23.3 Å². The first-order chi connectivity index (χ1) is 11.1. The molecule has 0 heterocycles. The van der Waals surface area contributed by atoms with E-state index in [1.54, 1.807) is 23.3 Å². The van der Waals surface area contributed by atoms with Gasteiger partial charge in [0.2, 0.25) is 0 Å². The fourth-order valence-corrected chi connectivity index (χ4v) is 3.97. The Morgan fingerprint density at radius 3 is 2.32 bits per heavy atom. The van der Waals surface area contributed by atoms with E-state index in [1.807, 2.05) is 0 Å². The average Bonchev–Trinajstić information content (AvgIpc) is 3.13. The van der Waals surface area contributed by atoms with Crippen molar-refractivity contribution < 1.29 is 23.3 Å². The minimum absolute atomic E-state index is 0. The third-order valence-corrected chi connectivity index (χ3v) is 4.93. The molecule has 0 aromatic carbocycles. The van der Waals surface area contributed by atoms with Gasteiger partial charge in [-0.15, -0.1) is 43.2 Å². The second-order valence-corrected chi connectivity index (χ2v) is 16.6. The van der Waals surface area contributed by atoms with Crippen molar-refractivity contribution in [1.29, 1.82) is 0 Å². The van der Waals surface area contributed by atoms with Crippen molar-refractivity contribution in [2.45, 2.75) is 52.1 Å². The molecule has 4 aliphatic rings. The second kappa shape index (κ2) is 13.8. The van der Waals surface area contributed by atoms with Gasteiger partial charge in [0, 0.05) is 0 Å². The molecule has 4 rings (SSSR count). The Hall–Kier alpha value is 0.640. The van der Waals surface area contributed by atoms with Crippen molar-refractivity contribution in [3.05, 3.63) is 54.5 Å². The van der Waals surface area contributed by atoms with E-state index in [-0.39, 0.29) is 30.2 Å². The van der Waals surface area contributed by atoms with E-state index >= 15 is 0 Å². The van der Waals surface area contributed by atoms with Crippen LogP contribution >= 0.6 is 24.8 Å². The first-order valence-corrected chi connectivity index (χ1v) is 15.2.